The van der Waals surface area contributed by atoms with Gasteiger partial charge in [-0.3, -0.25) is 4.79 Å². The Morgan fingerprint density at radius 3 is 2.80 bits per heavy atom. The number of cyclic esters (lactones) is 2. The number of carbonyl (C=O) groups is 2. The van der Waals surface area contributed by atoms with Crippen molar-refractivity contribution in [2.75, 3.05) is 0 Å². The van der Waals surface area contributed by atoms with Crippen LogP contribution < -0.4 is 0 Å². The summed E-state index contributed by atoms with van der Waals surface area (Å²) in [6.45, 7) is 4.06. The van der Waals surface area contributed by atoms with Crippen LogP contribution in [0.3, 0.4) is 0 Å². The molecule has 1 aromatic rings. The number of rotatable bonds is 2. The fraction of sp³-hybridized carbons (Fsp3) is 0.375. The standard InChI is InChI=1S/C16H16O3S/c1-9-4-3-5-12(9)14-13(15(17)19-16(14)18)10(2)11-6-7-20-8-11/h3,5-10,13H,4H2,1-2H3/b14-12+. The normalized spacial score (nSPS) is 30.9. The van der Waals surface area contributed by atoms with Crippen molar-refractivity contribution in [2.24, 2.45) is 11.8 Å². The van der Waals surface area contributed by atoms with Crippen molar-refractivity contribution in [2.45, 2.75) is 26.2 Å². The van der Waals surface area contributed by atoms with Gasteiger partial charge in [0.05, 0.1) is 11.5 Å². The predicted octanol–water partition coefficient (Wildman–Crippen LogP) is 3.44. The topological polar surface area (TPSA) is 43.4 Å². The number of hydrogen-bond donors (Lipinski definition) is 0. The molecule has 2 heterocycles. The van der Waals surface area contributed by atoms with Crippen molar-refractivity contribution in [1.82, 2.24) is 0 Å². The molecule has 20 heavy (non-hydrogen) atoms. The lowest BCUT2D eigenvalue weighted by molar-refractivity contribution is -0.152. The van der Waals surface area contributed by atoms with Gasteiger partial charge in [-0.05, 0) is 46.2 Å². The summed E-state index contributed by atoms with van der Waals surface area (Å²) in [5.41, 5.74) is 2.61. The molecule has 1 aliphatic heterocycles. The van der Waals surface area contributed by atoms with E-state index in [1.807, 2.05) is 29.8 Å². The molecular formula is C16H16O3S. The second-order valence-corrected chi connectivity index (χ2v) is 6.22. The number of allylic oxidation sites excluding steroid dienone is 3. The molecule has 1 fully saturated rings. The molecular weight excluding hydrogens is 272 g/mol. The second-order valence-electron chi connectivity index (χ2n) is 5.44. The summed E-state index contributed by atoms with van der Waals surface area (Å²) in [6.07, 6.45) is 4.93. The molecule has 0 saturated carbocycles. The van der Waals surface area contributed by atoms with Gasteiger partial charge in [0, 0.05) is 0 Å². The number of ether oxygens (including phenoxy) is 1. The van der Waals surface area contributed by atoms with Gasteiger partial charge in [-0.15, -0.1) is 0 Å². The third-order valence-corrected chi connectivity index (χ3v) is 4.88. The second kappa shape index (κ2) is 5.02. The Hall–Kier alpha value is -1.68. The zero-order valence-electron chi connectivity index (χ0n) is 11.5. The summed E-state index contributed by atoms with van der Waals surface area (Å²) in [5, 5.41) is 4.01. The summed E-state index contributed by atoms with van der Waals surface area (Å²) in [5.74, 6) is -1.11. The van der Waals surface area contributed by atoms with Gasteiger partial charge in [0.1, 0.15) is 0 Å². The highest BCUT2D eigenvalue weighted by Gasteiger charge is 2.45. The van der Waals surface area contributed by atoms with Crippen LogP contribution in [0, 0.1) is 11.8 Å². The Kier molecular flexibility index (Phi) is 3.34. The van der Waals surface area contributed by atoms with Gasteiger partial charge >= 0.3 is 11.9 Å². The van der Waals surface area contributed by atoms with Crippen LogP contribution in [0.5, 0.6) is 0 Å². The molecule has 0 amide bonds. The highest BCUT2D eigenvalue weighted by atomic mass is 32.1. The molecule has 104 valence electrons. The van der Waals surface area contributed by atoms with Gasteiger partial charge in [0.2, 0.25) is 0 Å². The zero-order chi connectivity index (χ0) is 14.3. The van der Waals surface area contributed by atoms with Crippen LogP contribution in [0.25, 0.3) is 0 Å². The Morgan fingerprint density at radius 1 is 1.40 bits per heavy atom. The third-order valence-electron chi connectivity index (χ3n) is 4.18. The minimum absolute atomic E-state index is 0.0381. The van der Waals surface area contributed by atoms with Crippen LogP contribution in [0.1, 0.15) is 31.7 Å². The first-order chi connectivity index (χ1) is 9.59. The van der Waals surface area contributed by atoms with Crippen LogP contribution >= 0.6 is 11.3 Å². The lowest BCUT2D eigenvalue weighted by Crippen LogP contribution is -2.18. The lowest BCUT2D eigenvalue weighted by Gasteiger charge is -2.18. The Labute approximate surface area is 121 Å². The predicted molar refractivity (Wildman–Crippen MR) is 77.3 cm³/mol. The van der Waals surface area contributed by atoms with E-state index in [1.54, 1.807) is 11.3 Å². The minimum Gasteiger partial charge on any atom is -0.389 e. The smallest absolute Gasteiger partial charge is 0.342 e. The van der Waals surface area contributed by atoms with Gasteiger partial charge in [-0.25, -0.2) is 4.79 Å². The molecule has 0 aromatic carbocycles. The van der Waals surface area contributed by atoms with E-state index in [0.717, 1.165) is 17.6 Å². The highest BCUT2D eigenvalue weighted by molar-refractivity contribution is 7.08. The van der Waals surface area contributed by atoms with E-state index in [2.05, 4.69) is 13.0 Å². The van der Waals surface area contributed by atoms with Crippen molar-refractivity contribution in [3.05, 3.63) is 45.7 Å². The average molecular weight is 288 g/mol. The summed E-state index contributed by atoms with van der Waals surface area (Å²) >= 11 is 1.60. The molecule has 0 radical (unpaired) electrons. The molecule has 0 bridgehead atoms. The Balaban J connectivity index is 2.05. The van der Waals surface area contributed by atoms with E-state index in [9.17, 15) is 9.59 Å². The molecule has 3 nitrogen and oxygen atoms in total. The maximum absolute atomic E-state index is 12.1. The summed E-state index contributed by atoms with van der Waals surface area (Å²) in [7, 11) is 0. The lowest BCUT2D eigenvalue weighted by atomic mass is 9.81. The maximum Gasteiger partial charge on any atom is 0.342 e. The summed E-state index contributed by atoms with van der Waals surface area (Å²) in [4.78, 5) is 24.2. The number of hydrogen-bond acceptors (Lipinski definition) is 4. The molecule has 0 spiro atoms. The van der Waals surface area contributed by atoms with Crippen molar-refractivity contribution in [3.63, 3.8) is 0 Å². The van der Waals surface area contributed by atoms with Crippen molar-refractivity contribution < 1.29 is 14.3 Å². The minimum atomic E-state index is -0.475. The summed E-state index contributed by atoms with van der Waals surface area (Å²) in [6, 6.07) is 2.00. The third kappa shape index (κ3) is 2.04. The maximum atomic E-state index is 12.1. The zero-order valence-corrected chi connectivity index (χ0v) is 12.3. The molecule has 1 aromatic heterocycles. The van der Waals surface area contributed by atoms with Gasteiger partial charge in [-0.1, -0.05) is 26.0 Å². The quantitative estimate of drug-likeness (QED) is 0.475. The molecule has 0 N–H and O–H groups in total. The van der Waals surface area contributed by atoms with Crippen molar-refractivity contribution in [3.8, 4) is 0 Å². The monoisotopic (exact) mass is 288 g/mol. The van der Waals surface area contributed by atoms with Crippen molar-refractivity contribution in [1.29, 1.82) is 0 Å². The van der Waals surface area contributed by atoms with Crippen LogP contribution in [0.2, 0.25) is 0 Å². The highest BCUT2D eigenvalue weighted by Crippen LogP contribution is 2.41. The van der Waals surface area contributed by atoms with E-state index in [-0.39, 0.29) is 11.8 Å². The SMILES string of the molecule is CC1CC=C/C1=C1\C(=O)OC(=O)C1C(C)c1ccsc1. The molecule has 4 heteroatoms. The van der Waals surface area contributed by atoms with Gasteiger partial charge in [0.25, 0.3) is 0 Å². The number of carbonyl (C=O) groups excluding carboxylic acids is 2. The summed E-state index contributed by atoms with van der Waals surface area (Å²) < 4.78 is 4.90. The molecule has 3 unspecified atom stereocenters. The van der Waals surface area contributed by atoms with Gasteiger partial charge in [-0.2, -0.15) is 11.3 Å². The Morgan fingerprint density at radius 2 is 2.20 bits per heavy atom. The molecule has 1 saturated heterocycles. The fourth-order valence-corrected chi connectivity index (χ4v) is 3.74. The van der Waals surface area contributed by atoms with E-state index < -0.39 is 17.9 Å². The number of thiophene rings is 1. The fourth-order valence-electron chi connectivity index (χ4n) is 2.98. The van der Waals surface area contributed by atoms with Crippen LogP contribution in [-0.2, 0) is 14.3 Å². The van der Waals surface area contributed by atoms with E-state index in [4.69, 9.17) is 4.74 Å². The molecule has 3 rings (SSSR count). The first-order valence-corrected chi connectivity index (χ1v) is 7.72. The van der Waals surface area contributed by atoms with E-state index in [1.165, 1.54) is 0 Å². The molecule has 3 atom stereocenters. The molecule has 1 aliphatic carbocycles. The molecule has 2 aliphatic rings. The number of esters is 2. The van der Waals surface area contributed by atoms with Crippen LogP contribution in [0.15, 0.2) is 40.1 Å². The first kappa shape index (κ1) is 13.3. The first-order valence-electron chi connectivity index (χ1n) is 6.78. The van der Waals surface area contributed by atoms with E-state index in [0.29, 0.717) is 5.57 Å². The van der Waals surface area contributed by atoms with Gasteiger partial charge < -0.3 is 4.74 Å². The average Bonchev–Trinajstić information content (AvgIpc) is 3.09. The van der Waals surface area contributed by atoms with Crippen molar-refractivity contribution >= 4 is 23.3 Å². The van der Waals surface area contributed by atoms with Crippen LogP contribution in [0.4, 0.5) is 0 Å². The Bertz CT molecular complexity index is 610. The van der Waals surface area contributed by atoms with E-state index >= 15 is 0 Å². The van der Waals surface area contributed by atoms with Crippen LogP contribution in [-0.4, -0.2) is 11.9 Å². The largest absolute Gasteiger partial charge is 0.389 e. The van der Waals surface area contributed by atoms with Gasteiger partial charge in [0.15, 0.2) is 0 Å².